The topological polar surface area (TPSA) is 33.2 Å². The number of aromatic nitrogens is 1. The van der Waals surface area contributed by atoms with Crippen LogP contribution in [-0.2, 0) is 4.79 Å². The SMILES string of the molecule is CC(=O)C1CN(c2cccc(Br)n2)C1. The van der Waals surface area contributed by atoms with E-state index in [1.807, 2.05) is 18.2 Å². The van der Waals surface area contributed by atoms with Crippen LogP contribution in [-0.4, -0.2) is 23.9 Å². The van der Waals surface area contributed by atoms with Gasteiger partial charge < -0.3 is 4.90 Å². The van der Waals surface area contributed by atoms with Gasteiger partial charge >= 0.3 is 0 Å². The summed E-state index contributed by atoms with van der Waals surface area (Å²) in [6.45, 7) is 3.26. The fraction of sp³-hybridized carbons (Fsp3) is 0.400. The molecule has 1 fully saturated rings. The Hall–Kier alpha value is -0.900. The number of halogens is 1. The maximum absolute atomic E-state index is 11.0. The van der Waals surface area contributed by atoms with Gasteiger partial charge in [0, 0.05) is 13.1 Å². The zero-order valence-electron chi connectivity index (χ0n) is 7.90. The van der Waals surface area contributed by atoms with Crippen molar-refractivity contribution in [3.8, 4) is 0 Å². The molecule has 0 atom stereocenters. The number of hydrogen-bond acceptors (Lipinski definition) is 3. The van der Waals surface area contributed by atoms with E-state index in [1.54, 1.807) is 6.92 Å². The first-order chi connectivity index (χ1) is 6.66. The van der Waals surface area contributed by atoms with Crippen LogP contribution < -0.4 is 4.90 Å². The third kappa shape index (κ3) is 1.80. The molecule has 0 radical (unpaired) electrons. The Morgan fingerprint density at radius 3 is 2.86 bits per heavy atom. The van der Waals surface area contributed by atoms with Crippen LogP contribution in [0, 0.1) is 5.92 Å². The number of nitrogens with zero attached hydrogens (tertiary/aromatic N) is 2. The zero-order valence-corrected chi connectivity index (χ0v) is 9.49. The highest BCUT2D eigenvalue weighted by Gasteiger charge is 2.30. The molecule has 1 saturated heterocycles. The van der Waals surface area contributed by atoms with Gasteiger partial charge in [0.1, 0.15) is 16.2 Å². The van der Waals surface area contributed by atoms with Crippen molar-refractivity contribution in [1.82, 2.24) is 4.98 Å². The van der Waals surface area contributed by atoms with E-state index < -0.39 is 0 Å². The van der Waals surface area contributed by atoms with Crippen LogP contribution in [0.1, 0.15) is 6.92 Å². The van der Waals surface area contributed by atoms with Gasteiger partial charge in [-0.1, -0.05) is 6.07 Å². The summed E-state index contributed by atoms with van der Waals surface area (Å²) in [6, 6.07) is 5.81. The van der Waals surface area contributed by atoms with Gasteiger partial charge in [0.05, 0.1) is 5.92 Å². The fourth-order valence-electron chi connectivity index (χ4n) is 1.50. The maximum Gasteiger partial charge on any atom is 0.136 e. The quantitative estimate of drug-likeness (QED) is 0.756. The Morgan fingerprint density at radius 1 is 1.57 bits per heavy atom. The lowest BCUT2D eigenvalue weighted by Gasteiger charge is -2.38. The van der Waals surface area contributed by atoms with Crippen molar-refractivity contribution in [2.75, 3.05) is 18.0 Å². The van der Waals surface area contributed by atoms with Crippen LogP contribution in [0.5, 0.6) is 0 Å². The molecule has 0 aromatic carbocycles. The molecule has 3 nitrogen and oxygen atoms in total. The predicted octanol–water partition coefficient (Wildman–Crippen LogP) is 1.87. The molecule has 1 aromatic rings. The molecule has 0 spiro atoms. The van der Waals surface area contributed by atoms with Gasteiger partial charge in [0.15, 0.2) is 0 Å². The number of carbonyl (C=O) groups is 1. The second-order valence-electron chi connectivity index (χ2n) is 3.53. The van der Waals surface area contributed by atoms with Crippen LogP contribution in [0.2, 0.25) is 0 Å². The van der Waals surface area contributed by atoms with Gasteiger partial charge in [-0.2, -0.15) is 0 Å². The molecule has 1 aliphatic heterocycles. The van der Waals surface area contributed by atoms with Gasteiger partial charge in [-0.05, 0) is 35.0 Å². The number of ketones is 1. The largest absolute Gasteiger partial charge is 0.355 e. The Labute approximate surface area is 91.3 Å². The van der Waals surface area contributed by atoms with E-state index in [4.69, 9.17) is 0 Å². The van der Waals surface area contributed by atoms with Gasteiger partial charge in [0.25, 0.3) is 0 Å². The number of carbonyl (C=O) groups excluding carboxylic acids is 1. The van der Waals surface area contributed by atoms with Crippen molar-refractivity contribution in [3.05, 3.63) is 22.8 Å². The zero-order chi connectivity index (χ0) is 10.1. The number of Topliss-reactive ketones (excluding diaryl/α,β-unsaturated/α-hetero) is 1. The summed E-state index contributed by atoms with van der Waals surface area (Å²) in [4.78, 5) is 17.4. The maximum atomic E-state index is 11.0. The van der Waals surface area contributed by atoms with Crippen LogP contribution in [0.25, 0.3) is 0 Å². The van der Waals surface area contributed by atoms with E-state index in [2.05, 4.69) is 25.8 Å². The van der Waals surface area contributed by atoms with Crippen molar-refractivity contribution in [3.63, 3.8) is 0 Å². The molecule has 4 heteroatoms. The van der Waals surface area contributed by atoms with E-state index in [9.17, 15) is 4.79 Å². The lowest BCUT2D eigenvalue weighted by molar-refractivity contribution is -0.121. The predicted molar refractivity (Wildman–Crippen MR) is 58.3 cm³/mol. The number of rotatable bonds is 2. The van der Waals surface area contributed by atoms with Crippen LogP contribution in [0.4, 0.5) is 5.82 Å². The summed E-state index contributed by atoms with van der Waals surface area (Å²) >= 11 is 3.32. The molecule has 2 heterocycles. The average molecular weight is 255 g/mol. The Balaban J connectivity index is 2.03. The van der Waals surface area contributed by atoms with E-state index in [1.165, 1.54) is 0 Å². The number of anilines is 1. The second-order valence-corrected chi connectivity index (χ2v) is 4.34. The Morgan fingerprint density at radius 2 is 2.29 bits per heavy atom. The highest BCUT2D eigenvalue weighted by Crippen LogP contribution is 2.24. The Kier molecular flexibility index (Phi) is 2.54. The molecule has 0 unspecified atom stereocenters. The summed E-state index contributed by atoms with van der Waals surface area (Å²) < 4.78 is 0.835. The third-order valence-electron chi connectivity index (χ3n) is 2.48. The molecule has 0 saturated carbocycles. The Bertz CT molecular complexity index is 361. The molecule has 1 aliphatic rings. The lowest BCUT2D eigenvalue weighted by atomic mass is 9.96. The monoisotopic (exact) mass is 254 g/mol. The van der Waals surface area contributed by atoms with E-state index in [0.717, 1.165) is 23.5 Å². The van der Waals surface area contributed by atoms with Crippen LogP contribution in [0.3, 0.4) is 0 Å². The smallest absolute Gasteiger partial charge is 0.136 e. The summed E-state index contributed by atoms with van der Waals surface area (Å²) in [5.74, 6) is 1.42. The van der Waals surface area contributed by atoms with E-state index >= 15 is 0 Å². The van der Waals surface area contributed by atoms with E-state index in [0.29, 0.717) is 0 Å². The standard InChI is InChI=1S/C10H11BrN2O/c1-7(14)8-5-13(6-8)10-4-2-3-9(11)12-10/h2-4,8H,5-6H2,1H3. The van der Waals surface area contributed by atoms with Crippen LogP contribution in [0.15, 0.2) is 22.8 Å². The number of hydrogen-bond donors (Lipinski definition) is 0. The highest BCUT2D eigenvalue weighted by molar-refractivity contribution is 9.10. The van der Waals surface area contributed by atoms with Gasteiger partial charge in [-0.25, -0.2) is 4.98 Å². The molecule has 74 valence electrons. The summed E-state index contributed by atoms with van der Waals surface area (Å²) in [5.41, 5.74) is 0. The normalized spacial score (nSPS) is 16.6. The third-order valence-corrected chi connectivity index (χ3v) is 2.92. The van der Waals surface area contributed by atoms with E-state index in [-0.39, 0.29) is 11.7 Å². The summed E-state index contributed by atoms with van der Waals surface area (Å²) in [5, 5.41) is 0. The first-order valence-electron chi connectivity index (χ1n) is 4.55. The highest BCUT2D eigenvalue weighted by atomic mass is 79.9. The second kappa shape index (κ2) is 3.69. The van der Waals surface area contributed by atoms with Gasteiger partial charge in [0.2, 0.25) is 0 Å². The molecule has 0 bridgehead atoms. The lowest BCUT2D eigenvalue weighted by Crippen LogP contribution is -2.50. The molecule has 2 rings (SSSR count). The molecular formula is C10H11BrN2O. The average Bonchev–Trinajstić information content (AvgIpc) is 2.00. The minimum atomic E-state index is 0.204. The number of pyridine rings is 1. The van der Waals surface area contributed by atoms with Gasteiger partial charge in [-0.3, -0.25) is 4.79 Å². The fourth-order valence-corrected chi connectivity index (χ4v) is 1.83. The minimum absolute atomic E-state index is 0.204. The van der Waals surface area contributed by atoms with Gasteiger partial charge in [-0.15, -0.1) is 0 Å². The van der Waals surface area contributed by atoms with Crippen LogP contribution >= 0.6 is 15.9 Å². The minimum Gasteiger partial charge on any atom is -0.355 e. The molecule has 0 N–H and O–H groups in total. The first kappa shape index (κ1) is 9.65. The van der Waals surface area contributed by atoms with Crippen molar-refractivity contribution in [2.45, 2.75) is 6.92 Å². The molecule has 14 heavy (non-hydrogen) atoms. The molecular weight excluding hydrogens is 244 g/mol. The summed E-state index contributed by atoms with van der Waals surface area (Å²) in [7, 11) is 0. The van der Waals surface area contributed by atoms with Crippen molar-refractivity contribution in [1.29, 1.82) is 0 Å². The van der Waals surface area contributed by atoms with Crippen molar-refractivity contribution in [2.24, 2.45) is 5.92 Å². The first-order valence-corrected chi connectivity index (χ1v) is 5.34. The molecule has 1 aromatic heterocycles. The molecule has 0 aliphatic carbocycles. The summed E-state index contributed by atoms with van der Waals surface area (Å²) in [6.07, 6.45) is 0. The van der Waals surface area contributed by atoms with Crippen molar-refractivity contribution < 1.29 is 4.79 Å². The van der Waals surface area contributed by atoms with Crippen molar-refractivity contribution >= 4 is 27.5 Å². The molecule has 0 amide bonds.